The van der Waals surface area contributed by atoms with Crippen LogP contribution < -0.4 is 5.32 Å². The zero-order valence-electron chi connectivity index (χ0n) is 12.6. The summed E-state index contributed by atoms with van der Waals surface area (Å²) in [6.45, 7) is 7.94. The lowest BCUT2D eigenvalue weighted by molar-refractivity contribution is 0.759. The summed E-state index contributed by atoms with van der Waals surface area (Å²) in [5, 5.41) is 8.29. The van der Waals surface area contributed by atoms with Gasteiger partial charge in [0.05, 0.1) is 16.4 Å². The fourth-order valence-electron chi connectivity index (χ4n) is 2.16. The Morgan fingerprint density at radius 1 is 1.20 bits per heavy atom. The average Bonchev–Trinajstić information content (AvgIpc) is 2.68. The Kier molecular flexibility index (Phi) is 4.28. The highest BCUT2D eigenvalue weighted by atomic mass is 35.5. The first-order chi connectivity index (χ1) is 9.49. The van der Waals surface area contributed by atoms with Crippen LogP contribution >= 0.6 is 11.6 Å². The quantitative estimate of drug-likeness (QED) is 0.940. The molecule has 6 heteroatoms. The predicted octanol–water partition coefficient (Wildman–Crippen LogP) is 3.24. The molecule has 0 bridgehead atoms. The van der Waals surface area contributed by atoms with Crippen molar-refractivity contribution < 1.29 is 0 Å². The highest BCUT2D eigenvalue weighted by Crippen LogP contribution is 2.25. The molecule has 0 spiro atoms. The summed E-state index contributed by atoms with van der Waals surface area (Å²) >= 11 is 6.23. The maximum Gasteiger partial charge on any atom is 0.162 e. The molecule has 0 saturated heterocycles. The predicted molar refractivity (Wildman–Crippen MR) is 81.9 cm³/mol. The number of nitrogens with zero attached hydrogens (tertiary/aromatic N) is 4. The van der Waals surface area contributed by atoms with Crippen molar-refractivity contribution in [2.75, 3.05) is 12.4 Å². The van der Waals surface area contributed by atoms with Gasteiger partial charge in [-0.3, -0.25) is 0 Å². The number of halogens is 1. The van der Waals surface area contributed by atoms with Gasteiger partial charge in [0.1, 0.15) is 11.6 Å². The van der Waals surface area contributed by atoms with Gasteiger partial charge in [-0.15, -0.1) is 0 Å². The number of aryl methyl sites for hydroxylation is 2. The van der Waals surface area contributed by atoms with Crippen molar-refractivity contribution >= 4 is 17.4 Å². The van der Waals surface area contributed by atoms with Crippen LogP contribution in [0.25, 0.3) is 5.82 Å². The summed E-state index contributed by atoms with van der Waals surface area (Å²) in [6.07, 6.45) is 1.85. The van der Waals surface area contributed by atoms with Crippen molar-refractivity contribution in [2.24, 2.45) is 0 Å². The van der Waals surface area contributed by atoms with Crippen molar-refractivity contribution in [1.82, 2.24) is 19.7 Å². The number of hydrogen-bond acceptors (Lipinski definition) is 4. The lowest BCUT2D eigenvalue weighted by Crippen LogP contribution is -2.11. The highest BCUT2D eigenvalue weighted by molar-refractivity contribution is 6.31. The Balaban J connectivity index is 2.65. The van der Waals surface area contributed by atoms with Crippen molar-refractivity contribution in [3.05, 3.63) is 27.8 Å². The normalized spacial score (nSPS) is 10.9. The molecule has 20 heavy (non-hydrogen) atoms. The molecule has 2 aromatic heterocycles. The Labute approximate surface area is 124 Å². The molecule has 5 nitrogen and oxygen atoms in total. The van der Waals surface area contributed by atoms with Crippen LogP contribution in [0.5, 0.6) is 0 Å². The van der Waals surface area contributed by atoms with Gasteiger partial charge in [0.25, 0.3) is 0 Å². The van der Waals surface area contributed by atoms with Crippen LogP contribution in [0.2, 0.25) is 5.02 Å². The number of aromatic nitrogens is 4. The third kappa shape index (κ3) is 2.50. The van der Waals surface area contributed by atoms with Gasteiger partial charge in [0, 0.05) is 19.0 Å². The zero-order valence-corrected chi connectivity index (χ0v) is 13.3. The van der Waals surface area contributed by atoms with Crippen molar-refractivity contribution in [3.8, 4) is 5.82 Å². The number of rotatable bonds is 4. The van der Waals surface area contributed by atoms with E-state index in [-0.39, 0.29) is 0 Å². The Morgan fingerprint density at radius 2 is 1.90 bits per heavy atom. The Bertz CT molecular complexity index is 633. The smallest absolute Gasteiger partial charge is 0.162 e. The molecule has 0 aliphatic rings. The molecule has 0 aliphatic heterocycles. The zero-order chi connectivity index (χ0) is 14.9. The van der Waals surface area contributed by atoms with Crippen LogP contribution in [-0.2, 0) is 6.42 Å². The van der Waals surface area contributed by atoms with Gasteiger partial charge in [0.15, 0.2) is 5.82 Å². The summed E-state index contributed by atoms with van der Waals surface area (Å²) in [7, 11) is 1.86. The van der Waals surface area contributed by atoms with Gasteiger partial charge in [-0.1, -0.05) is 18.5 Å². The number of hydrogen-bond donors (Lipinski definition) is 1. The molecule has 0 amide bonds. The summed E-state index contributed by atoms with van der Waals surface area (Å²) in [5.41, 5.74) is 2.68. The van der Waals surface area contributed by atoms with E-state index in [9.17, 15) is 0 Å². The molecule has 0 aromatic carbocycles. The minimum absolute atomic E-state index is 0.686. The molecule has 108 valence electrons. The fourth-order valence-corrected chi connectivity index (χ4v) is 2.28. The Morgan fingerprint density at radius 3 is 2.40 bits per heavy atom. The van der Waals surface area contributed by atoms with Gasteiger partial charge in [-0.25, -0.2) is 14.6 Å². The SMILES string of the molecule is CCCc1nc(NC)c(C)c(-n2nc(C)c(Cl)c2C)n1. The lowest BCUT2D eigenvalue weighted by Gasteiger charge is -2.13. The van der Waals surface area contributed by atoms with Gasteiger partial charge in [0.2, 0.25) is 0 Å². The standard InChI is InChI=1S/C14H20ClN5/c1-6-7-11-17-13(16-5)8(2)14(18-11)20-10(4)12(15)9(3)19-20/h6-7H2,1-5H3,(H,16,17,18). The van der Waals surface area contributed by atoms with Crippen LogP contribution in [0, 0.1) is 20.8 Å². The van der Waals surface area contributed by atoms with E-state index in [1.54, 1.807) is 4.68 Å². The van der Waals surface area contributed by atoms with E-state index in [4.69, 9.17) is 11.6 Å². The second-order valence-corrected chi connectivity index (χ2v) is 5.21. The Hall–Kier alpha value is -1.62. The molecular formula is C14H20ClN5. The second-order valence-electron chi connectivity index (χ2n) is 4.83. The van der Waals surface area contributed by atoms with Crippen LogP contribution in [-0.4, -0.2) is 26.8 Å². The van der Waals surface area contributed by atoms with E-state index in [0.29, 0.717) is 5.02 Å². The first-order valence-electron chi connectivity index (χ1n) is 6.76. The van der Waals surface area contributed by atoms with Crippen molar-refractivity contribution in [2.45, 2.75) is 40.5 Å². The molecular weight excluding hydrogens is 274 g/mol. The minimum Gasteiger partial charge on any atom is -0.373 e. The number of anilines is 1. The fraction of sp³-hybridized carbons (Fsp3) is 0.500. The molecule has 2 rings (SSSR count). The highest BCUT2D eigenvalue weighted by Gasteiger charge is 2.17. The van der Waals surface area contributed by atoms with E-state index < -0.39 is 0 Å². The molecule has 0 fully saturated rings. The van der Waals surface area contributed by atoms with Crippen LogP contribution in [0.1, 0.15) is 36.1 Å². The summed E-state index contributed by atoms with van der Waals surface area (Å²) in [4.78, 5) is 9.18. The van der Waals surface area contributed by atoms with Crippen LogP contribution in [0.15, 0.2) is 0 Å². The third-order valence-electron chi connectivity index (χ3n) is 3.28. The molecule has 0 aliphatic carbocycles. The van der Waals surface area contributed by atoms with Crippen LogP contribution in [0.4, 0.5) is 5.82 Å². The van der Waals surface area contributed by atoms with Gasteiger partial charge >= 0.3 is 0 Å². The second kappa shape index (κ2) is 5.79. The van der Waals surface area contributed by atoms with E-state index >= 15 is 0 Å². The van der Waals surface area contributed by atoms with E-state index in [0.717, 1.165) is 47.3 Å². The molecule has 0 saturated carbocycles. The summed E-state index contributed by atoms with van der Waals surface area (Å²) in [6, 6.07) is 0. The summed E-state index contributed by atoms with van der Waals surface area (Å²) in [5.74, 6) is 2.45. The monoisotopic (exact) mass is 293 g/mol. The van der Waals surface area contributed by atoms with Gasteiger partial charge in [-0.2, -0.15) is 5.10 Å². The number of nitrogens with one attached hydrogen (secondary N) is 1. The van der Waals surface area contributed by atoms with Gasteiger partial charge in [-0.05, 0) is 27.2 Å². The molecule has 2 heterocycles. The molecule has 1 N–H and O–H groups in total. The van der Waals surface area contributed by atoms with Gasteiger partial charge < -0.3 is 5.32 Å². The van der Waals surface area contributed by atoms with E-state index in [1.807, 2.05) is 27.8 Å². The van der Waals surface area contributed by atoms with E-state index in [1.165, 1.54) is 0 Å². The van der Waals surface area contributed by atoms with Crippen molar-refractivity contribution in [3.63, 3.8) is 0 Å². The maximum atomic E-state index is 6.23. The first kappa shape index (κ1) is 14.8. The van der Waals surface area contributed by atoms with E-state index in [2.05, 4.69) is 27.3 Å². The minimum atomic E-state index is 0.686. The maximum absolute atomic E-state index is 6.23. The molecule has 0 atom stereocenters. The largest absolute Gasteiger partial charge is 0.373 e. The molecule has 2 aromatic rings. The topological polar surface area (TPSA) is 55.6 Å². The third-order valence-corrected chi connectivity index (χ3v) is 3.83. The van der Waals surface area contributed by atoms with Crippen LogP contribution in [0.3, 0.4) is 0 Å². The molecule has 0 unspecified atom stereocenters. The molecule has 0 radical (unpaired) electrons. The average molecular weight is 294 g/mol. The van der Waals surface area contributed by atoms with Crippen molar-refractivity contribution in [1.29, 1.82) is 0 Å². The summed E-state index contributed by atoms with van der Waals surface area (Å²) < 4.78 is 1.80. The first-order valence-corrected chi connectivity index (χ1v) is 7.14. The lowest BCUT2D eigenvalue weighted by atomic mass is 10.2.